The molecule has 4 N–H and O–H groups in total. The molecule has 0 saturated heterocycles. The maximum atomic E-state index is 10.2. The fraction of sp³-hybridized carbons (Fsp3) is 0.0769. The summed E-state index contributed by atoms with van der Waals surface area (Å²) in [5, 5.41) is 34.3. The van der Waals surface area contributed by atoms with Crippen molar-refractivity contribution in [3.05, 3.63) is 53.8 Å². The number of aliphatic carboxylic acids is 2. The van der Waals surface area contributed by atoms with Gasteiger partial charge in [-0.15, -0.1) is 0 Å². The van der Waals surface area contributed by atoms with Crippen LogP contribution in [-0.2, 0) is 9.59 Å². The first-order chi connectivity index (χ1) is 8.77. The van der Waals surface area contributed by atoms with Crippen LogP contribution in [0.1, 0.15) is 12.5 Å². The van der Waals surface area contributed by atoms with Crippen molar-refractivity contribution in [2.24, 2.45) is 0 Å². The van der Waals surface area contributed by atoms with Gasteiger partial charge in [0.2, 0.25) is 5.76 Å². The summed E-state index contributed by atoms with van der Waals surface area (Å²) in [4.78, 5) is 19.8. The normalized spacial score (nSPS) is 10.6. The molecule has 6 nitrogen and oxygen atoms in total. The number of carboxylic acid groups (broad SMARTS) is 2. The van der Waals surface area contributed by atoms with E-state index in [0.717, 1.165) is 0 Å². The zero-order chi connectivity index (χ0) is 15.0. The molecule has 6 heteroatoms. The molecule has 102 valence electrons. The van der Waals surface area contributed by atoms with Gasteiger partial charge in [0.05, 0.1) is 0 Å². The number of hydrogen-bond acceptors (Lipinski definition) is 4. The highest BCUT2D eigenvalue weighted by Crippen LogP contribution is 2.13. The van der Waals surface area contributed by atoms with Crippen LogP contribution < -0.4 is 0 Å². The Morgan fingerprint density at radius 2 is 1.37 bits per heavy atom. The Bertz CT molecular complexity index is 489. The van der Waals surface area contributed by atoms with Crippen LogP contribution in [0.5, 0.6) is 0 Å². The predicted octanol–water partition coefficient (Wildman–Crippen LogP) is 2.20. The molecule has 0 atom stereocenters. The third-order valence-corrected chi connectivity index (χ3v) is 1.84. The Hall–Kier alpha value is -2.76. The fourth-order valence-corrected chi connectivity index (χ4v) is 0.834. The standard InChI is InChI=1S/C9H8O4.C4H6O2/c10-7(8(11)9(12)13)6-4-2-1-3-5-6;1-3(2)4(5)6/h1-5,10-11H,(H,12,13);1H2,2H3,(H,5,6). The molecule has 0 aliphatic carbocycles. The summed E-state index contributed by atoms with van der Waals surface area (Å²) in [6.45, 7) is 4.60. The van der Waals surface area contributed by atoms with E-state index in [1.54, 1.807) is 18.2 Å². The van der Waals surface area contributed by atoms with E-state index in [9.17, 15) is 14.7 Å². The Labute approximate surface area is 109 Å². The van der Waals surface area contributed by atoms with Gasteiger partial charge < -0.3 is 20.4 Å². The first kappa shape index (κ1) is 16.2. The molecular weight excluding hydrogens is 252 g/mol. The summed E-state index contributed by atoms with van der Waals surface area (Å²) < 4.78 is 0. The molecule has 0 bridgehead atoms. The molecule has 19 heavy (non-hydrogen) atoms. The van der Waals surface area contributed by atoms with Crippen LogP contribution in [0, 0.1) is 0 Å². The van der Waals surface area contributed by atoms with Crippen molar-refractivity contribution in [2.45, 2.75) is 6.92 Å². The van der Waals surface area contributed by atoms with Gasteiger partial charge in [-0.2, -0.15) is 0 Å². The third kappa shape index (κ3) is 5.92. The molecule has 0 saturated carbocycles. The van der Waals surface area contributed by atoms with Crippen LogP contribution in [0.3, 0.4) is 0 Å². The second-order valence-corrected chi connectivity index (χ2v) is 3.45. The summed E-state index contributed by atoms with van der Waals surface area (Å²) in [7, 11) is 0. The Kier molecular flexibility index (Phi) is 6.45. The molecule has 1 rings (SSSR count). The Morgan fingerprint density at radius 1 is 0.947 bits per heavy atom. The van der Waals surface area contributed by atoms with E-state index in [1.165, 1.54) is 19.1 Å². The van der Waals surface area contributed by atoms with Gasteiger partial charge in [-0.3, -0.25) is 0 Å². The number of carbonyl (C=O) groups is 2. The van der Waals surface area contributed by atoms with E-state index >= 15 is 0 Å². The van der Waals surface area contributed by atoms with Crippen molar-refractivity contribution in [2.75, 3.05) is 0 Å². The third-order valence-electron chi connectivity index (χ3n) is 1.84. The van der Waals surface area contributed by atoms with E-state index < -0.39 is 23.5 Å². The lowest BCUT2D eigenvalue weighted by molar-refractivity contribution is -0.135. The van der Waals surface area contributed by atoms with E-state index in [1.807, 2.05) is 0 Å². The number of aliphatic hydroxyl groups is 2. The van der Waals surface area contributed by atoms with Crippen molar-refractivity contribution < 1.29 is 30.0 Å². The minimum Gasteiger partial charge on any atom is -0.504 e. The number of hydrogen-bond donors (Lipinski definition) is 4. The van der Waals surface area contributed by atoms with Gasteiger partial charge in [-0.25, -0.2) is 9.59 Å². The summed E-state index contributed by atoms with van der Waals surface area (Å²) in [5.74, 6) is -4.17. The molecule has 0 aromatic heterocycles. The van der Waals surface area contributed by atoms with Gasteiger partial charge in [0.25, 0.3) is 0 Å². The van der Waals surface area contributed by atoms with Gasteiger partial charge in [-0.1, -0.05) is 36.9 Å². The second-order valence-electron chi connectivity index (χ2n) is 3.45. The highest BCUT2D eigenvalue weighted by atomic mass is 16.4. The monoisotopic (exact) mass is 266 g/mol. The van der Waals surface area contributed by atoms with Crippen LogP contribution in [0.25, 0.3) is 5.76 Å². The SMILES string of the molecule is C=C(C)C(=O)O.O=C(O)C(O)=C(O)c1ccccc1. The fourth-order valence-electron chi connectivity index (χ4n) is 0.834. The number of benzene rings is 1. The first-order valence-electron chi connectivity index (χ1n) is 5.07. The van der Waals surface area contributed by atoms with Crippen molar-refractivity contribution >= 4 is 17.7 Å². The Morgan fingerprint density at radius 3 is 1.68 bits per heavy atom. The molecule has 1 aromatic carbocycles. The molecular formula is C13H14O6. The van der Waals surface area contributed by atoms with E-state index in [4.69, 9.17) is 15.3 Å². The molecule has 0 fully saturated rings. The Balaban J connectivity index is 0.000000459. The van der Waals surface area contributed by atoms with Crippen molar-refractivity contribution in [3.8, 4) is 0 Å². The summed E-state index contributed by atoms with van der Waals surface area (Å²) in [6, 6.07) is 7.96. The van der Waals surface area contributed by atoms with Crippen molar-refractivity contribution in [1.29, 1.82) is 0 Å². The molecule has 0 unspecified atom stereocenters. The number of carboxylic acids is 2. The largest absolute Gasteiger partial charge is 0.504 e. The quantitative estimate of drug-likeness (QED) is 0.492. The zero-order valence-electron chi connectivity index (χ0n) is 10.2. The molecule has 0 spiro atoms. The molecule has 0 aliphatic rings. The average Bonchev–Trinajstić information content (AvgIpc) is 2.38. The first-order valence-corrected chi connectivity index (χ1v) is 5.07. The topological polar surface area (TPSA) is 115 Å². The molecule has 1 aromatic rings. The zero-order valence-corrected chi connectivity index (χ0v) is 10.2. The number of aliphatic hydroxyl groups excluding tert-OH is 2. The van der Waals surface area contributed by atoms with Crippen LogP contribution >= 0.6 is 0 Å². The lowest BCUT2D eigenvalue weighted by Crippen LogP contribution is -2.02. The van der Waals surface area contributed by atoms with Crippen LogP contribution in [0.15, 0.2) is 48.2 Å². The van der Waals surface area contributed by atoms with Gasteiger partial charge in [0, 0.05) is 11.1 Å². The molecule has 0 amide bonds. The minimum absolute atomic E-state index is 0.176. The van der Waals surface area contributed by atoms with E-state index in [0.29, 0.717) is 0 Å². The highest BCUT2D eigenvalue weighted by Gasteiger charge is 2.12. The van der Waals surface area contributed by atoms with Crippen LogP contribution in [-0.4, -0.2) is 32.4 Å². The molecule has 0 heterocycles. The van der Waals surface area contributed by atoms with Gasteiger partial charge in [0.1, 0.15) is 0 Å². The molecule has 0 radical (unpaired) electrons. The maximum absolute atomic E-state index is 10.2. The van der Waals surface area contributed by atoms with Gasteiger partial charge in [0.15, 0.2) is 5.76 Å². The predicted molar refractivity (Wildman–Crippen MR) is 68.7 cm³/mol. The second kappa shape index (κ2) is 7.54. The van der Waals surface area contributed by atoms with E-state index in [-0.39, 0.29) is 11.1 Å². The highest BCUT2D eigenvalue weighted by molar-refractivity contribution is 5.91. The lowest BCUT2D eigenvalue weighted by atomic mass is 10.2. The van der Waals surface area contributed by atoms with Gasteiger partial charge in [-0.05, 0) is 6.92 Å². The summed E-state index contributed by atoms with van der Waals surface area (Å²) in [5.41, 5.74) is 0.442. The summed E-state index contributed by atoms with van der Waals surface area (Å²) >= 11 is 0. The average molecular weight is 266 g/mol. The lowest BCUT2D eigenvalue weighted by Gasteiger charge is -2.00. The van der Waals surface area contributed by atoms with Crippen molar-refractivity contribution in [1.82, 2.24) is 0 Å². The van der Waals surface area contributed by atoms with Gasteiger partial charge >= 0.3 is 11.9 Å². The van der Waals surface area contributed by atoms with Crippen molar-refractivity contribution in [3.63, 3.8) is 0 Å². The van der Waals surface area contributed by atoms with Crippen LogP contribution in [0.4, 0.5) is 0 Å². The van der Waals surface area contributed by atoms with Crippen LogP contribution in [0.2, 0.25) is 0 Å². The smallest absolute Gasteiger partial charge is 0.374 e. The molecule has 0 aliphatic heterocycles. The maximum Gasteiger partial charge on any atom is 0.374 e. The minimum atomic E-state index is -1.55. The van der Waals surface area contributed by atoms with E-state index in [2.05, 4.69) is 6.58 Å². The summed E-state index contributed by atoms with van der Waals surface area (Å²) in [6.07, 6.45) is 0. The number of rotatable bonds is 3.